The summed E-state index contributed by atoms with van der Waals surface area (Å²) in [6, 6.07) is 1.33. The number of hydrogen-bond donors (Lipinski definition) is 1. The quantitative estimate of drug-likeness (QED) is 0.706. The molecule has 0 amide bonds. The van der Waals surface area contributed by atoms with Crippen molar-refractivity contribution in [1.82, 2.24) is 4.98 Å². The molecule has 1 aromatic heterocycles. The molecule has 0 spiro atoms. The Bertz CT molecular complexity index is 513. The third kappa shape index (κ3) is 1.17. The van der Waals surface area contributed by atoms with E-state index in [4.69, 9.17) is 5.11 Å². The maximum absolute atomic E-state index is 13.0. The predicted octanol–water partition coefficient (Wildman–Crippen LogP) is 2.36. The topological polar surface area (TPSA) is 33.1 Å². The van der Waals surface area contributed by atoms with Gasteiger partial charge in [-0.1, -0.05) is 0 Å². The number of aromatic nitrogens is 1. The monoisotopic (exact) mass is 199 g/mol. The largest absolute Gasteiger partial charge is 0.503 e. The Morgan fingerprint density at radius 3 is 2.50 bits per heavy atom. The van der Waals surface area contributed by atoms with Crippen molar-refractivity contribution in [1.29, 1.82) is 0 Å². The minimum atomic E-state index is -1.12. The highest BCUT2D eigenvalue weighted by atomic mass is 19.1. The summed E-state index contributed by atoms with van der Waals surface area (Å²) in [5.74, 6) is -3.60. The maximum atomic E-state index is 13.0. The van der Waals surface area contributed by atoms with Crippen molar-refractivity contribution >= 4 is 10.9 Å². The molecule has 2 nitrogen and oxygen atoms in total. The van der Waals surface area contributed by atoms with Gasteiger partial charge >= 0.3 is 0 Å². The fourth-order valence-electron chi connectivity index (χ4n) is 1.18. The normalized spacial score (nSPS) is 10.8. The standard InChI is InChI=1S/C9H4F3NO/c10-4-1-5-6(11)2-7(12)9(14)8(5)13-3-4/h1-3,14H. The van der Waals surface area contributed by atoms with Crippen LogP contribution < -0.4 is 0 Å². The molecule has 0 atom stereocenters. The zero-order valence-corrected chi connectivity index (χ0v) is 6.76. The number of benzene rings is 1. The Balaban J connectivity index is 2.94. The van der Waals surface area contributed by atoms with Gasteiger partial charge in [-0.05, 0) is 6.07 Å². The van der Waals surface area contributed by atoms with E-state index in [2.05, 4.69) is 4.98 Å². The van der Waals surface area contributed by atoms with Gasteiger partial charge in [0.15, 0.2) is 11.6 Å². The van der Waals surface area contributed by atoms with Crippen LogP contribution in [0.2, 0.25) is 0 Å². The van der Waals surface area contributed by atoms with Crippen LogP contribution in [0.3, 0.4) is 0 Å². The molecule has 2 rings (SSSR count). The Morgan fingerprint density at radius 1 is 1.07 bits per heavy atom. The van der Waals surface area contributed by atoms with Crippen LogP contribution in [0, 0.1) is 17.5 Å². The highest BCUT2D eigenvalue weighted by Crippen LogP contribution is 2.28. The second-order valence-electron chi connectivity index (χ2n) is 2.74. The summed E-state index contributed by atoms with van der Waals surface area (Å²) in [5.41, 5.74) is -0.288. The van der Waals surface area contributed by atoms with E-state index >= 15 is 0 Å². The van der Waals surface area contributed by atoms with Gasteiger partial charge in [0.05, 0.1) is 6.20 Å². The lowest BCUT2D eigenvalue weighted by molar-refractivity contribution is 0.434. The molecule has 0 aliphatic carbocycles. The van der Waals surface area contributed by atoms with Crippen molar-refractivity contribution in [2.24, 2.45) is 0 Å². The van der Waals surface area contributed by atoms with Gasteiger partial charge < -0.3 is 5.11 Å². The van der Waals surface area contributed by atoms with Crippen LogP contribution in [0.25, 0.3) is 10.9 Å². The third-order valence-electron chi connectivity index (χ3n) is 1.82. The fraction of sp³-hybridized carbons (Fsp3) is 0. The molecular weight excluding hydrogens is 195 g/mol. The van der Waals surface area contributed by atoms with Crippen molar-refractivity contribution in [3.05, 3.63) is 35.8 Å². The lowest BCUT2D eigenvalue weighted by Crippen LogP contribution is -1.89. The number of phenolic OH excluding ortho intramolecular Hbond substituents is 1. The molecule has 0 aliphatic heterocycles. The molecule has 1 aromatic carbocycles. The molecule has 0 fully saturated rings. The van der Waals surface area contributed by atoms with E-state index in [1.807, 2.05) is 0 Å². The number of hydrogen-bond acceptors (Lipinski definition) is 2. The summed E-state index contributed by atoms with van der Waals surface area (Å²) in [5, 5.41) is 8.90. The first kappa shape index (κ1) is 8.80. The van der Waals surface area contributed by atoms with Gasteiger partial charge in [-0.15, -0.1) is 0 Å². The van der Waals surface area contributed by atoms with Gasteiger partial charge in [0.25, 0.3) is 0 Å². The SMILES string of the molecule is Oc1c(F)cc(F)c2cc(F)cnc12. The van der Waals surface area contributed by atoms with E-state index in [0.29, 0.717) is 6.07 Å². The second-order valence-corrected chi connectivity index (χ2v) is 2.74. The first-order chi connectivity index (χ1) is 6.59. The molecular formula is C9H4F3NO. The average molecular weight is 199 g/mol. The highest BCUT2D eigenvalue weighted by molar-refractivity contribution is 5.84. The first-order valence-corrected chi connectivity index (χ1v) is 3.72. The van der Waals surface area contributed by atoms with Gasteiger partial charge in [-0.3, -0.25) is 0 Å². The number of aromatic hydroxyl groups is 1. The predicted molar refractivity (Wildman–Crippen MR) is 43.3 cm³/mol. The molecule has 0 radical (unpaired) electrons. The Morgan fingerprint density at radius 2 is 1.79 bits per heavy atom. The molecule has 1 N–H and O–H groups in total. The Hall–Kier alpha value is -1.78. The van der Waals surface area contributed by atoms with Crippen molar-refractivity contribution < 1.29 is 18.3 Å². The van der Waals surface area contributed by atoms with Gasteiger partial charge in [0.2, 0.25) is 0 Å². The van der Waals surface area contributed by atoms with Crippen LogP contribution in [-0.2, 0) is 0 Å². The van der Waals surface area contributed by atoms with Crippen molar-refractivity contribution in [2.45, 2.75) is 0 Å². The van der Waals surface area contributed by atoms with Gasteiger partial charge in [0.1, 0.15) is 17.2 Å². The summed E-state index contributed by atoms with van der Waals surface area (Å²) in [4.78, 5) is 3.40. The number of phenols is 1. The second kappa shape index (κ2) is 2.87. The van der Waals surface area contributed by atoms with Crippen molar-refractivity contribution in [2.75, 3.05) is 0 Å². The summed E-state index contributed by atoms with van der Waals surface area (Å²) in [6.45, 7) is 0. The summed E-state index contributed by atoms with van der Waals surface area (Å²) in [7, 11) is 0. The summed E-state index contributed by atoms with van der Waals surface area (Å²) in [6.07, 6.45) is 0.779. The lowest BCUT2D eigenvalue weighted by Gasteiger charge is -2.02. The van der Waals surface area contributed by atoms with Crippen LogP contribution >= 0.6 is 0 Å². The summed E-state index contributed by atoms with van der Waals surface area (Å²) < 4.78 is 38.5. The molecule has 0 saturated heterocycles. The zero-order valence-electron chi connectivity index (χ0n) is 6.76. The lowest BCUT2D eigenvalue weighted by atomic mass is 10.2. The first-order valence-electron chi connectivity index (χ1n) is 3.72. The molecule has 2 aromatic rings. The van der Waals surface area contributed by atoms with Crippen LogP contribution in [0.5, 0.6) is 5.75 Å². The van der Waals surface area contributed by atoms with Gasteiger partial charge in [-0.2, -0.15) is 0 Å². The molecule has 0 unspecified atom stereocenters. The third-order valence-corrected chi connectivity index (χ3v) is 1.82. The molecule has 1 heterocycles. The number of rotatable bonds is 0. The average Bonchev–Trinajstić information content (AvgIpc) is 2.14. The fourth-order valence-corrected chi connectivity index (χ4v) is 1.18. The van der Waals surface area contributed by atoms with Crippen LogP contribution in [-0.4, -0.2) is 10.1 Å². The van der Waals surface area contributed by atoms with E-state index in [-0.39, 0.29) is 10.9 Å². The van der Waals surface area contributed by atoms with E-state index < -0.39 is 23.2 Å². The molecule has 0 aliphatic rings. The minimum absolute atomic E-state index is 0.246. The molecule has 0 saturated carbocycles. The van der Waals surface area contributed by atoms with E-state index in [1.165, 1.54) is 0 Å². The van der Waals surface area contributed by atoms with E-state index in [1.54, 1.807) is 0 Å². The highest BCUT2D eigenvalue weighted by Gasteiger charge is 2.12. The molecule has 5 heteroatoms. The van der Waals surface area contributed by atoms with Gasteiger partial charge in [-0.25, -0.2) is 18.2 Å². The number of pyridine rings is 1. The number of fused-ring (bicyclic) bond motifs is 1. The van der Waals surface area contributed by atoms with E-state index in [0.717, 1.165) is 12.3 Å². The van der Waals surface area contributed by atoms with Crippen LogP contribution in [0.15, 0.2) is 18.3 Å². The smallest absolute Gasteiger partial charge is 0.178 e. The molecule has 72 valence electrons. The van der Waals surface area contributed by atoms with Crippen LogP contribution in [0.1, 0.15) is 0 Å². The Labute approximate surface area is 76.6 Å². The van der Waals surface area contributed by atoms with Gasteiger partial charge in [0, 0.05) is 11.5 Å². The Kier molecular flexibility index (Phi) is 1.80. The zero-order chi connectivity index (χ0) is 10.3. The number of nitrogens with zero attached hydrogens (tertiary/aromatic N) is 1. The van der Waals surface area contributed by atoms with Crippen molar-refractivity contribution in [3.8, 4) is 5.75 Å². The van der Waals surface area contributed by atoms with Crippen molar-refractivity contribution in [3.63, 3.8) is 0 Å². The van der Waals surface area contributed by atoms with Crippen LogP contribution in [0.4, 0.5) is 13.2 Å². The minimum Gasteiger partial charge on any atom is -0.503 e. The maximum Gasteiger partial charge on any atom is 0.178 e. The molecule has 14 heavy (non-hydrogen) atoms. The molecule has 0 bridgehead atoms. The summed E-state index contributed by atoms with van der Waals surface area (Å²) >= 11 is 0. The van der Waals surface area contributed by atoms with E-state index in [9.17, 15) is 13.2 Å². The number of halogens is 3.